The predicted octanol–water partition coefficient (Wildman–Crippen LogP) is 3.06. The van der Waals surface area contributed by atoms with Gasteiger partial charge in [0.05, 0.1) is 41.3 Å². The number of aromatic nitrogens is 2. The van der Waals surface area contributed by atoms with E-state index in [1.807, 2.05) is 13.0 Å². The number of hydrogen-bond donors (Lipinski definition) is 4. The van der Waals surface area contributed by atoms with Crippen molar-refractivity contribution in [3.05, 3.63) is 50.8 Å². The number of esters is 1. The van der Waals surface area contributed by atoms with Crippen LogP contribution >= 0.6 is 0 Å². The number of benzene rings is 1. The molecule has 0 fully saturated rings. The van der Waals surface area contributed by atoms with Gasteiger partial charge >= 0.3 is 5.97 Å². The number of fused-ring (bicyclic) bond motifs is 5. The molecule has 3 aromatic rings. The van der Waals surface area contributed by atoms with Gasteiger partial charge in [0, 0.05) is 22.9 Å². The van der Waals surface area contributed by atoms with Crippen molar-refractivity contribution >= 4 is 28.5 Å². The van der Waals surface area contributed by atoms with Crippen LogP contribution in [0.4, 0.5) is 5.69 Å². The number of nitrogen functional groups attached to an aromatic ring is 1. The molecule has 1 aromatic carbocycles. The molecule has 0 radical (unpaired) electrons. The van der Waals surface area contributed by atoms with Crippen LogP contribution in [-0.2, 0) is 39.5 Å². The van der Waals surface area contributed by atoms with Crippen LogP contribution in [0.3, 0.4) is 0 Å². The van der Waals surface area contributed by atoms with E-state index in [1.54, 1.807) is 29.1 Å². The molecule has 11 nitrogen and oxygen atoms in total. The van der Waals surface area contributed by atoms with E-state index in [1.165, 1.54) is 0 Å². The van der Waals surface area contributed by atoms with Crippen LogP contribution in [0.1, 0.15) is 74.6 Å². The molecule has 5 N–H and O–H groups in total. The highest BCUT2D eigenvalue weighted by molar-refractivity contribution is 5.99. The molecule has 212 valence electrons. The molecular weight excluding hydrogens is 516 g/mol. The standard InChI is InChI=1S/C29H34N4O7/c1-3-16-17-14-33-21(13-19-18(27(33)35)15-40-28(36)29(19,37)4-2)26(17)31-20-10-11-22(25(30)24(16)20)39-12-8-6-5-7-9-23(34)32-38/h10-11,13,37-38H,3-9,12,14-15,30H2,1-2H3,(H,32,34). The lowest BCUT2D eigenvalue weighted by atomic mass is 9.86. The molecule has 0 bridgehead atoms. The van der Waals surface area contributed by atoms with E-state index in [2.05, 4.69) is 0 Å². The van der Waals surface area contributed by atoms with Gasteiger partial charge in [-0.1, -0.05) is 26.7 Å². The molecule has 0 saturated heterocycles. The molecule has 2 aliphatic heterocycles. The van der Waals surface area contributed by atoms with E-state index in [0.717, 1.165) is 35.8 Å². The number of hydrogen-bond acceptors (Lipinski definition) is 9. The van der Waals surface area contributed by atoms with Crippen molar-refractivity contribution in [1.29, 1.82) is 0 Å². The van der Waals surface area contributed by atoms with Crippen molar-refractivity contribution in [2.24, 2.45) is 0 Å². The van der Waals surface area contributed by atoms with Crippen molar-refractivity contribution in [3.8, 4) is 17.1 Å². The number of unbranched alkanes of at least 4 members (excludes halogenated alkanes) is 3. The van der Waals surface area contributed by atoms with E-state index < -0.39 is 11.6 Å². The van der Waals surface area contributed by atoms with Gasteiger partial charge in [0.25, 0.3) is 5.56 Å². The maximum Gasteiger partial charge on any atom is 0.343 e. The summed E-state index contributed by atoms with van der Waals surface area (Å²) in [5, 5.41) is 20.5. The number of amides is 1. The number of cyclic esters (lactones) is 1. The van der Waals surface area contributed by atoms with Crippen molar-refractivity contribution < 1.29 is 29.4 Å². The summed E-state index contributed by atoms with van der Waals surface area (Å²) in [4.78, 5) is 42.0. The normalized spacial score (nSPS) is 17.2. The molecule has 1 unspecified atom stereocenters. The Labute approximate surface area is 230 Å². The molecule has 2 aliphatic rings. The van der Waals surface area contributed by atoms with Gasteiger partial charge in [-0.25, -0.2) is 15.3 Å². The van der Waals surface area contributed by atoms with Crippen LogP contribution in [0.25, 0.3) is 22.3 Å². The maximum absolute atomic E-state index is 13.5. The number of aryl methyl sites for hydroxylation is 1. The first-order valence-corrected chi connectivity index (χ1v) is 13.7. The third-order valence-corrected chi connectivity index (χ3v) is 8.00. The summed E-state index contributed by atoms with van der Waals surface area (Å²) >= 11 is 0. The summed E-state index contributed by atoms with van der Waals surface area (Å²) in [5.74, 6) is -0.568. The number of nitrogens with two attached hydrogens (primary N) is 1. The Morgan fingerprint density at radius 2 is 1.98 bits per heavy atom. The SMILES string of the molecule is CCc1c2c(nc3ccc(OCCCCCCC(=O)NO)c(N)c13)-c1cc3c(c(=O)n1C2)COC(=O)C3(O)CC. The van der Waals surface area contributed by atoms with E-state index in [4.69, 9.17) is 25.4 Å². The number of carbonyl (C=O) groups excluding carboxylic acids is 2. The smallest absolute Gasteiger partial charge is 0.343 e. The highest BCUT2D eigenvalue weighted by Gasteiger charge is 2.45. The highest BCUT2D eigenvalue weighted by atomic mass is 16.6. The number of pyridine rings is 2. The Bertz CT molecular complexity index is 1560. The quantitative estimate of drug-likeness (QED) is 0.0763. The van der Waals surface area contributed by atoms with Crippen molar-refractivity contribution in [2.75, 3.05) is 12.3 Å². The van der Waals surface area contributed by atoms with Crippen LogP contribution in [0, 0.1) is 0 Å². The number of ether oxygens (including phenoxy) is 2. The van der Waals surface area contributed by atoms with Gasteiger partial charge in [-0.15, -0.1) is 0 Å². The number of rotatable bonds is 10. The van der Waals surface area contributed by atoms with Gasteiger partial charge in [0.1, 0.15) is 12.4 Å². The van der Waals surface area contributed by atoms with Crippen molar-refractivity contribution in [1.82, 2.24) is 15.0 Å². The van der Waals surface area contributed by atoms with Gasteiger partial charge in [0.2, 0.25) is 5.91 Å². The second-order valence-electron chi connectivity index (χ2n) is 10.3. The minimum absolute atomic E-state index is 0.0835. The van der Waals surface area contributed by atoms with Crippen LogP contribution < -0.4 is 21.5 Å². The zero-order valence-electron chi connectivity index (χ0n) is 22.7. The third kappa shape index (κ3) is 4.48. The third-order valence-electron chi connectivity index (χ3n) is 8.00. The maximum atomic E-state index is 13.5. The summed E-state index contributed by atoms with van der Waals surface area (Å²) < 4.78 is 12.8. The Balaban J connectivity index is 1.45. The minimum atomic E-state index is -1.87. The zero-order chi connectivity index (χ0) is 28.6. The van der Waals surface area contributed by atoms with Gasteiger partial charge in [-0.2, -0.15) is 0 Å². The average molecular weight is 551 g/mol. The number of hydroxylamine groups is 1. The predicted molar refractivity (Wildman–Crippen MR) is 147 cm³/mol. The van der Waals surface area contributed by atoms with Gasteiger partial charge < -0.3 is 24.9 Å². The number of anilines is 1. The van der Waals surface area contributed by atoms with Crippen LogP contribution in [0.5, 0.6) is 5.75 Å². The Hall–Kier alpha value is -3.96. The summed E-state index contributed by atoms with van der Waals surface area (Å²) in [6, 6.07) is 5.36. The highest BCUT2D eigenvalue weighted by Crippen LogP contribution is 2.42. The monoisotopic (exact) mass is 550 g/mol. The van der Waals surface area contributed by atoms with Gasteiger partial charge in [0.15, 0.2) is 5.60 Å². The molecule has 1 atom stereocenters. The van der Waals surface area contributed by atoms with Crippen LogP contribution in [0.15, 0.2) is 23.0 Å². The second kappa shape index (κ2) is 10.9. The Kier molecular flexibility index (Phi) is 7.52. The number of carbonyl (C=O) groups is 2. The number of nitrogens with one attached hydrogen (secondary N) is 1. The van der Waals surface area contributed by atoms with E-state index in [9.17, 15) is 19.5 Å². The topological polar surface area (TPSA) is 166 Å². The minimum Gasteiger partial charge on any atom is -0.491 e. The van der Waals surface area contributed by atoms with Crippen molar-refractivity contribution in [2.45, 2.75) is 77.5 Å². The molecule has 2 aromatic heterocycles. The molecule has 5 rings (SSSR count). The first-order valence-electron chi connectivity index (χ1n) is 13.7. The lowest BCUT2D eigenvalue weighted by Crippen LogP contribution is -2.44. The fourth-order valence-electron chi connectivity index (χ4n) is 5.77. The molecule has 1 amide bonds. The molecule has 40 heavy (non-hydrogen) atoms. The molecule has 0 spiro atoms. The number of nitrogens with zero attached hydrogens (tertiary/aromatic N) is 2. The van der Waals surface area contributed by atoms with E-state index in [0.29, 0.717) is 54.3 Å². The summed E-state index contributed by atoms with van der Waals surface area (Å²) in [6.45, 7) is 4.30. The lowest BCUT2D eigenvalue weighted by molar-refractivity contribution is -0.172. The molecule has 11 heteroatoms. The Morgan fingerprint density at radius 1 is 1.20 bits per heavy atom. The fourth-order valence-corrected chi connectivity index (χ4v) is 5.77. The van der Waals surface area contributed by atoms with Crippen molar-refractivity contribution in [3.63, 3.8) is 0 Å². The first kappa shape index (κ1) is 27.6. The summed E-state index contributed by atoms with van der Waals surface area (Å²) in [5.41, 5.74) is 10.9. The summed E-state index contributed by atoms with van der Waals surface area (Å²) in [7, 11) is 0. The molecule has 0 aliphatic carbocycles. The fraction of sp³-hybridized carbons (Fsp3) is 0.448. The van der Waals surface area contributed by atoms with E-state index in [-0.39, 0.29) is 42.0 Å². The number of aliphatic hydroxyl groups is 1. The average Bonchev–Trinajstić information content (AvgIpc) is 3.33. The van der Waals surface area contributed by atoms with Crippen LogP contribution in [-0.4, -0.2) is 38.3 Å². The molecular formula is C29H34N4O7. The molecule has 0 saturated carbocycles. The first-order chi connectivity index (χ1) is 19.2. The van der Waals surface area contributed by atoms with Gasteiger partial charge in [-0.3, -0.25) is 14.8 Å². The Morgan fingerprint density at radius 3 is 2.70 bits per heavy atom. The zero-order valence-corrected chi connectivity index (χ0v) is 22.7. The summed E-state index contributed by atoms with van der Waals surface area (Å²) in [6.07, 6.45) is 4.23. The second-order valence-corrected chi connectivity index (χ2v) is 10.3. The lowest BCUT2D eigenvalue weighted by Gasteiger charge is -2.31. The molecule has 4 heterocycles. The van der Waals surface area contributed by atoms with Gasteiger partial charge in [-0.05, 0) is 49.4 Å². The van der Waals surface area contributed by atoms with E-state index >= 15 is 0 Å². The largest absolute Gasteiger partial charge is 0.491 e. The van der Waals surface area contributed by atoms with Crippen LogP contribution in [0.2, 0.25) is 0 Å².